The highest BCUT2D eigenvalue weighted by Crippen LogP contribution is 2.33. The molecule has 2 aliphatic heterocycles. The van der Waals surface area contributed by atoms with Gasteiger partial charge in [-0.25, -0.2) is 4.31 Å². The van der Waals surface area contributed by atoms with Gasteiger partial charge in [0.05, 0.1) is 24.7 Å². The molecule has 1 aromatic carbocycles. The summed E-state index contributed by atoms with van der Waals surface area (Å²) in [6.45, 7) is 6.47. The van der Waals surface area contributed by atoms with Crippen LogP contribution in [0.15, 0.2) is 53.1 Å². The molecule has 2 saturated heterocycles. The molecule has 4 atom stereocenters. The Morgan fingerprint density at radius 3 is 2.74 bits per heavy atom. The first-order valence-corrected chi connectivity index (χ1v) is 14.6. The van der Waals surface area contributed by atoms with Gasteiger partial charge in [0.25, 0.3) is 0 Å². The van der Waals surface area contributed by atoms with Gasteiger partial charge in [-0.1, -0.05) is 50.3 Å². The van der Waals surface area contributed by atoms with E-state index in [1.165, 1.54) is 0 Å². The fraction of sp³-hybridized carbons (Fsp3) is 0.586. The maximum atomic E-state index is 12.9. The van der Waals surface area contributed by atoms with Crippen LogP contribution in [0.2, 0.25) is 0 Å². The summed E-state index contributed by atoms with van der Waals surface area (Å²) in [5.74, 6) is 0.798. The zero-order valence-corrected chi connectivity index (χ0v) is 24.0. The van der Waals surface area contributed by atoms with Gasteiger partial charge >= 0.3 is 0 Å². The minimum Gasteiger partial charge on any atom is -0.469 e. The summed E-state index contributed by atoms with van der Waals surface area (Å²) in [6.07, 6.45) is 6.35. The topological polar surface area (TPSA) is 103 Å². The van der Waals surface area contributed by atoms with E-state index in [1.54, 1.807) is 11.9 Å². The first kappa shape index (κ1) is 29.6. The number of carbonyl (C=O) groups is 2. The lowest BCUT2D eigenvalue weighted by Gasteiger charge is -2.31. The number of ether oxygens (including phenoxy) is 2. The van der Waals surface area contributed by atoms with Crippen molar-refractivity contribution < 1.29 is 24.2 Å². The molecule has 0 spiro atoms. The maximum Gasteiger partial charge on any atom is 0.239 e. The second-order valence-corrected chi connectivity index (χ2v) is 12.1. The van der Waals surface area contributed by atoms with Gasteiger partial charge in [0.2, 0.25) is 11.8 Å². The standard InChI is InChI=1S/C29H42N4O5S/c1-20(2)17-33(39-22-11-12-26-27(15-22)38-19-37-26)18-25(34)23(14-21-8-5-4-6-9-21)31-28(35)16-30-29(36)24-10-7-13-32(24)3/h4-6,8-9,11,15,20,23-26,34H,7,10,12-14,16-19H2,1-3H3,(H,30,36)(H,31,35). The van der Waals surface area contributed by atoms with Gasteiger partial charge in [0, 0.05) is 24.4 Å². The molecule has 0 radical (unpaired) electrons. The molecule has 4 unspecified atom stereocenters. The molecule has 39 heavy (non-hydrogen) atoms. The van der Waals surface area contributed by atoms with Crippen molar-refractivity contribution in [1.29, 1.82) is 0 Å². The molecule has 3 aliphatic rings. The van der Waals surface area contributed by atoms with E-state index < -0.39 is 12.1 Å². The number of allylic oxidation sites excluding steroid dienone is 1. The van der Waals surface area contributed by atoms with Crippen LogP contribution in [-0.4, -0.2) is 90.4 Å². The van der Waals surface area contributed by atoms with Gasteiger partial charge in [-0.3, -0.25) is 14.5 Å². The number of nitrogens with one attached hydrogen (secondary N) is 2. The highest BCUT2D eigenvalue weighted by Gasteiger charge is 2.30. The number of hydrogen-bond acceptors (Lipinski definition) is 8. The van der Waals surface area contributed by atoms with Crippen molar-refractivity contribution in [2.24, 2.45) is 5.92 Å². The summed E-state index contributed by atoms with van der Waals surface area (Å²) in [6, 6.07) is 9.12. The minimum absolute atomic E-state index is 0.00138. The third kappa shape index (κ3) is 8.81. The summed E-state index contributed by atoms with van der Waals surface area (Å²) in [5.41, 5.74) is 1.02. The van der Waals surface area contributed by atoms with E-state index in [4.69, 9.17) is 9.47 Å². The smallest absolute Gasteiger partial charge is 0.239 e. The molecule has 2 amide bonds. The number of likely N-dealkylation sites (N-methyl/N-ethyl adjacent to an activating group) is 1. The Morgan fingerprint density at radius 2 is 2.03 bits per heavy atom. The molecule has 214 valence electrons. The van der Waals surface area contributed by atoms with Gasteiger partial charge in [0.15, 0.2) is 6.79 Å². The average molecular weight is 559 g/mol. The van der Waals surface area contributed by atoms with Crippen LogP contribution in [0.25, 0.3) is 0 Å². The third-order valence-electron chi connectivity index (χ3n) is 7.18. The van der Waals surface area contributed by atoms with Gasteiger partial charge in [-0.05, 0) is 62.4 Å². The number of fused-ring (bicyclic) bond motifs is 1. The van der Waals surface area contributed by atoms with Crippen LogP contribution in [0.3, 0.4) is 0 Å². The zero-order chi connectivity index (χ0) is 27.8. The van der Waals surface area contributed by atoms with E-state index in [0.29, 0.717) is 18.9 Å². The van der Waals surface area contributed by atoms with Crippen LogP contribution in [-0.2, 0) is 25.5 Å². The summed E-state index contributed by atoms with van der Waals surface area (Å²) >= 11 is 1.59. The van der Waals surface area contributed by atoms with E-state index >= 15 is 0 Å². The zero-order valence-electron chi connectivity index (χ0n) is 23.2. The number of benzene rings is 1. The van der Waals surface area contributed by atoms with Gasteiger partial charge < -0.3 is 25.2 Å². The first-order chi connectivity index (χ1) is 18.8. The van der Waals surface area contributed by atoms with Crippen molar-refractivity contribution in [1.82, 2.24) is 19.8 Å². The van der Waals surface area contributed by atoms with Crippen molar-refractivity contribution in [3.8, 4) is 0 Å². The van der Waals surface area contributed by atoms with Crippen LogP contribution < -0.4 is 10.6 Å². The van der Waals surface area contributed by atoms with Gasteiger partial charge in [0.1, 0.15) is 11.9 Å². The molecule has 1 aliphatic carbocycles. The number of nitrogens with zero attached hydrogens (tertiary/aromatic N) is 2. The second kappa shape index (κ2) is 14.3. The molecule has 3 N–H and O–H groups in total. The van der Waals surface area contributed by atoms with E-state index in [2.05, 4.69) is 34.9 Å². The van der Waals surface area contributed by atoms with Crippen LogP contribution in [0.1, 0.15) is 38.7 Å². The number of rotatable bonds is 13. The molecule has 0 bridgehead atoms. The number of hydrogen-bond donors (Lipinski definition) is 3. The Kier molecular flexibility index (Phi) is 10.9. The molecule has 1 aromatic rings. The van der Waals surface area contributed by atoms with Crippen molar-refractivity contribution in [3.05, 3.63) is 58.7 Å². The molecular formula is C29H42N4O5S. The van der Waals surface area contributed by atoms with E-state index in [-0.39, 0.29) is 37.3 Å². The van der Waals surface area contributed by atoms with Crippen LogP contribution in [0, 0.1) is 5.92 Å². The highest BCUT2D eigenvalue weighted by molar-refractivity contribution is 8.01. The highest BCUT2D eigenvalue weighted by atomic mass is 32.2. The summed E-state index contributed by atoms with van der Waals surface area (Å²) in [7, 11) is 1.93. The number of aliphatic hydroxyl groups is 1. The Bertz CT molecular complexity index is 1030. The molecular weight excluding hydrogens is 516 g/mol. The number of amides is 2. The Balaban J connectivity index is 1.39. The van der Waals surface area contributed by atoms with Crippen molar-refractivity contribution in [3.63, 3.8) is 0 Å². The molecule has 10 heteroatoms. The Morgan fingerprint density at radius 1 is 1.23 bits per heavy atom. The van der Waals surface area contributed by atoms with E-state index in [1.807, 2.05) is 48.4 Å². The number of carbonyl (C=O) groups excluding carboxylic acids is 2. The summed E-state index contributed by atoms with van der Waals surface area (Å²) < 4.78 is 13.3. The number of aliphatic hydroxyl groups excluding tert-OH is 1. The Labute approximate surface area is 236 Å². The van der Waals surface area contributed by atoms with Gasteiger partial charge in [-0.2, -0.15) is 0 Å². The van der Waals surface area contributed by atoms with Crippen LogP contribution in [0.5, 0.6) is 0 Å². The Hall–Kier alpha value is -2.37. The van der Waals surface area contributed by atoms with Crippen LogP contribution in [0.4, 0.5) is 0 Å². The molecule has 2 fully saturated rings. The molecule has 2 heterocycles. The molecule has 0 saturated carbocycles. The van der Waals surface area contributed by atoms with Crippen molar-refractivity contribution in [2.75, 3.05) is 40.0 Å². The monoisotopic (exact) mass is 558 g/mol. The van der Waals surface area contributed by atoms with Gasteiger partial charge in [-0.15, -0.1) is 0 Å². The van der Waals surface area contributed by atoms with E-state index in [0.717, 1.165) is 48.6 Å². The minimum atomic E-state index is -0.826. The fourth-order valence-electron chi connectivity index (χ4n) is 5.14. The second-order valence-electron chi connectivity index (χ2n) is 10.9. The lowest BCUT2D eigenvalue weighted by Crippen LogP contribution is -2.52. The average Bonchev–Trinajstić information content (AvgIpc) is 3.55. The predicted octanol–water partition coefficient (Wildman–Crippen LogP) is 2.44. The maximum absolute atomic E-state index is 12.9. The fourth-order valence-corrected chi connectivity index (χ4v) is 6.38. The first-order valence-electron chi connectivity index (χ1n) is 13.9. The normalized spacial score (nSPS) is 22.6. The number of likely N-dealkylation sites (tertiary alicyclic amines) is 1. The molecule has 9 nitrogen and oxygen atoms in total. The predicted molar refractivity (Wildman–Crippen MR) is 152 cm³/mol. The quantitative estimate of drug-likeness (QED) is 0.317. The lowest BCUT2D eigenvalue weighted by molar-refractivity contribution is -0.129. The van der Waals surface area contributed by atoms with Crippen molar-refractivity contribution >= 4 is 23.8 Å². The SMILES string of the molecule is CC(C)CN(CC(O)C(Cc1ccccc1)NC(=O)CNC(=O)C1CCCN1C)SC1=CCC2OCOC2=C1. The molecule has 0 aromatic heterocycles. The van der Waals surface area contributed by atoms with Crippen molar-refractivity contribution in [2.45, 2.75) is 63.8 Å². The third-order valence-corrected chi connectivity index (χ3v) is 8.23. The molecule has 4 rings (SSSR count). The van der Waals surface area contributed by atoms with E-state index in [9.17, 15) is 14.7 Å². The lowest BCUT2D eigenvalue weighted by atomic mass is 10.0. The summed E-state index contributed by atoms with van der Waals surface area (Å²) in [4.78, 5) is 28.6. The van der Waals surface area contributed by atoms with Crippen LogP contribution >= 0.6 is 11.9 Å². The largest absolute Gasteiger partial charge is 0.469 e. The summed E-state index contributed by atoms with van der Waals surface area (Å²) in [5, 5.41) is 17.2.